The first-order chi connectivity index (χ1) is 15.8. The van der Waals surface area contributed by atoms with Gasteiger partial charge in [0.15, 0.2) is 0 Å². The SMILES string of the molecule is N#Cc1ccncc1-c1cc(C(=O)Nc2ccc(OC(F)(F)Cl)cc2)cnc1N1CCCC1. The van der Waals surface area contributed by atoms with Gasteiger partial charge in [-0.15, -0.1) is 8.78 Å². The van der Waals surface area contributed by atoms with Crippen molar-refractivity contribution in [2.45, 2.75) is 18.4 Å². The summed E-state index contributed by atoms with van der Waals surface area (Å²) >= 11 is 4.76. The Morgan fingerprint density at radius 2 is 1.88 bits per heavy atom. The zero-order chi connectivity index (χ0) is 23.4. The van der Waals surface area contributed by atoms with E-state index in [4.69, 9.17) is 11.6 Å². The zero-order valence-electron chi connectivity index (χ0n) is 17.3. The van der Waals surface area contributed by atoms with Crippen molar-refractivity contribution < 1.29 is 18.3 Å². The smallest absolute Gasteiger partial charge is 0.420 e. The van der Waals surface area contributed by atoms with Crippen molar-refractivity contribution in [2.24, 2.45) is 0 Å². The highest BCUT2D eigenvalue weighted by Gasteiger charge is 2.27. The van der Waals surface area contributed by atoms with Crippen LogP contribution in [-0.2, 0) is 0 Å². The first-order valence-electron chi connectivity index (χ1n) is 10.1. The molecule has 4 rings (SSSR count). The summed E-state index contributed by atoms with van der Waals surface area (Å²) in [7, 11) is 0. The number of rotatable bonds is 6. The number of alkyl halides is 3. The molecule has 168 valence electrons. The Balaban J connectivity index is 1.63. The topological polar surface area (TPSA) is 91.1 Å². The minimum Gasteiger partial charge on any atom is -0.420 e. The molecular formula is C23H18ClF2N5O2. The molecule has 3 heterocycles. The Kier molecular flexibility index (Phi) is 6.38. The summed E-state index contributed by atoms with van der Waals surface area (Å²) in [6, 6.07) is 10.8. The molecule has 3 aromatic rings. The number of carbonyl (C=O) groups is 1. The average molecular weight is 470 g/mol. The van der Waals surface area contributed by atoms with E-state index in [1.54, 1.807) is 18.3 Å². The van der Waals surface area contributed by atoms with Gasteiger partial charge in [-0.25, -0.2) is 4.98 Å². The Morgan fingerprint density at radius 1 is 1.15 bits per heavy atom. The second kappa shape index (κ2) is 9.38. The van der Waals surface area contributed by atoms with Gasteiger partial charge in [-0.1, -0.05) is 0 Å². The zero-order valence-corrected chi connectivity index (χ0v) is 18.0. The minimum absolute atomic E-state index is 0.146. The minimum atomic E-state index is -3.82. The molecule has 33 heavy (non-hydrogen) atoms. The molecule has 1 fully saturated rings. The van der Waals surface area contributed by atoms with Gasteiger partial charge in [0.2, 0.25) is 0 Å². The van der Waals surface area contributed by atoms with Crippen molar-refractivity contribution in [1.29, 1.82) is 5.26 Å². The van der Waals surface area contributed by atoms with E-state index in [0.717, 1.165) is 25.9 Å². The van der Waals surface area contributed by atoms with Crippen LogP contribution in [0.5, 0.6) is 5.75 Å². The maximum atomic E-state index is 12.9. The molecule has 1 aromatic carbocycles. The number of aromatic nitrogens is 2. The van der Waals surface area contributed by atoms with Crippen LogP contribution in [0.4, 0.5) is 20.3 Å². The second-order valence-electron chi connectivity index (χ2n) is 7.35. The summed E-state index contributed by atoms with van der Waals surface area (Å²) in [6.07, 6.45) is 6.67. The van der Waals surface area contributed by atoms with E-state index in [0.29, 0.717) is 28.2 Å². The van der Waals surface area contributed by atoms with Gasteiger partial charge in [0.05, 0.1) is 17.2 Å². The highest BCUT2D eigenvalue weighted by molar-refractivity contribution is 6.20. The average Bonchev–Trinajstić information content (AvgIpc) is 3.34. The number of hydrogen-bond donors (Lipinski definition) is 1. The van der Waals surface area contributed by atoms with Crippen LogP contribution in [-0.4, -0.2) is 34.5 Å². The fraction of sp³-hybridized carbons (Fsp3) is 0.217. The van der Waals surface area contributed by atoms with E-state index in [1.807, 2.05) is 0 Å². The van der Waals surface area contributed by atoms with Gasteiger partial charge in [-0.2, -0.15) is 5.26 Å². The van der Waals surface area contributed by atoms with Crippen LogP contribution in [0.2, 0.25) is 0 Å². The number of amides is 1. The molecule has 0 unspecified atom stereocenters. The number of nitrogens with zero attached hydrogens (tertiary/aromatic N) is 4. The van der Waals surface area contributed by atoms with Crippen molar-refractivity contribution in [1.82, 2.24) is 9.97 Å². The van der Waals surface area contributed by atoms with Crippen LogP contribution >= 0.6 is 11.6 Å². The monoisotopic (exact) mass is 469 g/mol. The summed E-state index contributed by atoms with van der Waals surface area (Å²) in [5.41, 5.74) is -1.52. The molecule has 1 aliphatic rings. The predicted molar refractivity (Wildman–Crippen MR) is 119 cm³/mol. The van der Waals surface area contributed by atoms with Crippen LogP contribution in [0.25, 0.3) is 11.1 Å². The van der Waals surface area contributed by atoms with E-state index in [-0.39, 0.29) is 11.3 Å². The molecule has 1 N–H and O–H groups in total. The number of halogens is 3. The Bertz CT molecular complexity index is 1200. The van der Waals surface area contributed by atoms with E-state index < -0.39 is 11.5 Å². The molecule has 1 saturated heterocycles. The number of anilines is 2. The summed E-state index contributed by atoms with van der Waals surface area (Å²) in [5, 5.41) is 12.2. The van der Waals surface area contributed by atoms with Crippen molar-refractivity contribution in [3.63, 3.8) is 0 Å². The van der Waals surface area contributed by atoms with Crippen molar-refractivity contribution in [2.75, 3.05) is 23.3 Å². The number of pyridine rings is 2. The largest absolute Gasteiger partial charge is 0.487 e. The summed E-state index contributed by atoms with van der Waals surface area (Å²) in [6.45, 7) is 1.67. The van der Waals surface area contributed by atoms with Crippen LogP contribution in [0.3, 0.4) is 0 Å². The van der Waals surface area contributed by atoms with Gasteiger partial charge >= 0.3 is 5.57 Å². The fourth-order valence-corrected chi connectivity index (χ4v) is 3.70. The lowest BCUT2D eigenvalue weighted by Gasteiger charge is -2.21. The quantitative estimate of drug-likeness (QED) is 0.509. The molecule has 7 nitrogen and oxygen atoms in total. The normalized spacial score (nSPS) is 13.5. The lowest BCUT2D eigenvalue weighted by molar-refractivity contribution is -0.0964. The third-order valence-electron chi connectivity index (χ3n) is 5.11. The lowest BCUT2D eigenvalue weighted by Crippen LogP contribution is -2.21. The van der Waals surface area contributed by atoms with Gasteiger partial charge < -0.3 is 15.0 Å². The molecule has 10 heteroatoms. The number of hydrogen-bond acceptors (Lipinski definition) is 6. The molecule has 0 spiro atoms. The summed E-state index contributed by atoms with van der Waals surface area (Å²) < 4.78 is 29.8. The van der Waals surface area contributed by atoms with Crippen molar-refractivity contribution in [3.05, 3.63) is 66.1 Å². The molecule has 2 aromatic heterocycles. The van der Waals surface area contributed by atoms with E-state index in [2.05, 4.69) is 31.0 Å². The van der Waals surface area contributed by atoms with Crippen molar-refractivity contribution in [3.8, 4) is 22.9 Å². The Labute approximate surface area is 193 Å². The predicted octanol–water partition coefficient (Wildman–Crippen LogP) is 5.04. The molecular weight excluding hydrogens is 452 g/mol. The van der Waals surface area contributed by atoms with E-state index in [1.165, 1.54) is 36.7 Å². The standard InChI is InChI=1S/C23H18ClF2N5O2/c24-23(25,26)33-18-5-3-17(4-6-18)30-22(32)16-11-19(20-14-28-8-7-15(20)12-27)21(29-13-16)31-9-1-2-10-31/h3-8,11,13-14H,1-2,9-10H2,(H,30,32). The van der Waals surface area contributed by atoms with Gasteiger partial charge in [0.25, 0.3) is 5.91 Å². The number of ether oxygens (including phenoxy) is 1. The summed E-state index contributed by atoms with van der Waals surface area (Å²) in [4.78, 5) is 23.7. The Morgan fingerprint density at radius 3 is 2.55 bits per heavy atom. The molecule has 1 amide bonds. The van der Waals surface area contributed by atoms with Gasteiger partial charge in [-0.3, -0.25) is 9.78 Å². The van der Waals surface area contributed by atoms with Gasteiger partial charge in [0.1, 0.15) is 11.6 Å². The van der Waals surface area contributed by atoms with Gasteiger partial charge in [-0.05, 0) is 49.2 Å². The third kappa shape index (κ3) is 5.35. The van der Waals surface area contributed by atoms with Crippen LogP contribution in [0, 0.1) is 11.3 Å². The number of benzene rings is 1. The maximum absolute atomic E-state index is 12.9. The van der Waals surface area contributed by atoms with Crippen LogP contribution < -0.4 is 15.0 Å². The number of nitriles is 1. The molecule has 1 aliphatic heterocycles. The lowest BCUT2D eigenvalue weighted by atomic mass is 10.0. The molecule has 0 bridgehead atoms. The Hall–Kier alpha value is -3.77. The highest BCUT2D eigenvalue weighted by atomic mass is 35.5. The van der Waals surface area contributed by atoms with Crippen molar-refractivity contribution >= 4 is 29.0 Å². The summed E-state index contributed by atoms with van der Waals surface area (Å²) in [5.74, 6) is 0.0973. The van der Waals surface area contributed by atoms with Crippen LogP contribution in [0.1, 0.15) is 28.8 Å². The van der Waals surface area contributed by atoms with E-state index >= 15 is 0 Å². The highest BCUT2D eigenvalue weighted by Crippen LogP contribution is 2.33. The second-order valence-corrected chi connectivity index (χ2v) is 7.79. The van der Waals surface area contributed by atoms with E-state index in [9.17, 15) is 18.8 Å². The molecule has 0 saturated carbocycles. The number of nitrogens with one attached hydrogen (secondary N) is 1. The van der Waals surface area contributed by atoms with Crippen LogP contribution in [0.15, 0.2) is 55.0 Å². The molecule has 0 aliphatic carbocycles. The first kappa shape index (κ1) is 22.4. The fourth-order valence-electron chi connectivity index (χ4n) is 3.61. The molecule has 0 radical (unpaired) electrons. The van der Waals surface area contributed by atoms with Gasteiger partial charge in [0, 0.05) is 60.1 Å². The maximum Gasteiger partial charge on any atom is 0.487 e. The molecule has 0 atom stereocenters. The first-order valence-corrected chi connectivity index (χ1v) is 10.5. The number of carbonyl (C=O) groups excluding carboxylic acids is 1. The third-order valence-corrected chi connectivity index (χ3v) is 5.19.